The SMILES string of the molecule is COC(=O)c1ccc(NC(=O)c2ccc(NC(=O)c3ccc(NC(=O)c4ccc(N)c(OC(C)C)n4)c(OC(C)C)n3)c(OC(C)C)n2)c(OC(C)C)n1. The maximum absolute atomic E-state index is 13.5. The van der Waals surface area contributed by atoms with E-state index in [-0.39, 0.29) is 93.5 Å². The van der Waals surface area contributed by atoms with E-state index in [2.05, 4.69) is 35.9 Å². The van der Waals surface area contributed by atoms with Gasteiger partial charge in [0.2, 0.25) is 23.5 Å². The van der Waals surface area contributed by atoms with Gasteiger partial charge in [-0.1, -0.05) is 0 Å². The molecule has 0 aliphatic rings. The first-order valence-electron chi connectivity index (χ1n) is 17.0. The van der Waals surface area contributed by atoms with Crippen molar-refractivity contribution in [2.24, 2.45) is 0 Å². The van der Waals surface area contributed by atoms with Gasteiger partial charge in [-0.2, -0.15) is 0 Å². The molecular weight excluding hydrogens is 700 g/mol. The maximum atomic E-state index is 13.5. The molecule has 0 aliphatic heterocycles. The Morgan fingerprint density at radius 2 is 0.778 bits per heavy atom. The minimum atomic E-state index is -0.670. The Bertz CT molecular complexity index is 2020. The number of nitrogen functional groups attached to an aromatic ring is 1. The van der Waals surface area contributed by atoms with Gasteiger partial charge in [-0.05, 0) is 104 Å². The van der Waals surface area contributed by atoms with E-state index in [0.29, 0.717) is 0 Å². The lowest BCUT2D eigenvalue weighted by atomic mass is 10.2. The number of carbonyl (C=O) groups is 4. The number of hydrogen-bond donors (Lipinski definition) is 4. The molecule has 0 bridgehead atoms. The Balaban J connectivity index is 1.57. The standard InChI is InChI=1S/C37H44N8O9/c1-18(2)51-33-22(38)10-11-23(42-33)30(46)39-26-14-12-24(43-34(26)52-19(3)4)31(47)40-27-15-13-25(44-35(27)53-20(5)6)32(48)41-28-16-17-29(37(49)50-9)45-36(28)54-21(7)8/h10-21H,38H2,1-9H3,(H,39,46)(H,40,47)(H,41,48). The number of amides is 3. The van der Waals surface area contributed by atoms with Crippen molar-refractivity contribution in [2.45, 2.75) is 79.8 Å². The van der Waals surface area contributed by atoms with Gasteiger partial charge in [-0.3, -0.25) is 14.4 Å². The number of hydrogen-bond acceptors (Lipinski definition) is 14. The van der Waals surface area contributed by atoms with E-state index in [1.807, 2.05) is 13.8 Å². The fraction of sp³-hybridized carbons (Fsp3) is 0.351. The zero-order valence-electron chi connectivity index (χ0n) is 31.5. The highest BCUT2D eigenvalue weighted by Gasteiger charge is 2.22. The molecule has 0 atom stereocenters. The van der Waals surface area contributed by atoms with Gasteiger partial charge in [0.05, 0.1) is 37.2 Å². The fourth-order valence-electron chi connectivity index (χ4n) is 4.47. The third kappa shape index (κ3) is 10.8. The minimum absolute atomic E-state index is 0.00428. The highest BCUT2D eigenvalue weighted by Crippen LogP contribution is 2.29. The van der Waals surface area contributed by atoms with Gasteiger partial charge in [0.15, 0.2) is 5.69 Å². The van der Waals surface area contributed by atoms with Crippen LogP contribution in [0.1, 0.15) is 97.3 Å². The predicted octanol–water partition coefficient (Wildman–Crippen LogP) is 5.54. The molecule has 0 radical (unpaired) electrons. The van der Waals surface area contributed by atoms with Crippen LogP contribution in [0.25, 0.3) is 0 Å². The number of rotatable bonds is 15. The first-order valence-corrected chi connectivity index (χ1v) is 17.0. The quantitative estimate of drug-likeness (QED) is 0.110. The Kier molecular flexibility index (Phi) is 13.3. The molecule has 17 heteroatoms. The monoisotopic (exact) mass is 744 g/mol. The van der Waals surface area contributed by atoms with Crippen LogP contribution in [-0.2, 0) is 4.74 Å². The molecule has 4 aromatic rings. The average Bonchev–Trinajstić information content (AvgIpc) is 3.10. The number of nitrogens with two attached hydrogens (primary N) is 1. The number of anilines is 4. The van der Waals surface area contributed by atoms with Crippen LogP contribution in [-0.4, -0.2) is 75.2 Å². The van der Waals surface area contributed by atoms with Crippen molar-refractivity contribution in [1.29, 1.82) is 0 Å². The lowest BCUT2D eigenvalue weighted by Crippen LogP contribution is -2.21. The van der Waals surface area contributed by atoms with E-state index >= 15 is 0 Å². The molecule has 0 saturated heterocycles. The van der Waals surface area contributed by atoms with Gasteiger partial charge in [0.1, 0.15) is 34.1 Å². The summed E-state index contributed by atoms with van der Waals surface area (Å²) >= 11 is 0. The van der Waals surface area contributed by atoms with Crippen molar-refractivity contribution in [1.82, 2.24) is 19.9 Å². The van der Waals surface area contributed by atoms with E-state index in [1.165, 1.54) is 55.6 Å². The largest absolute Gasteiger partial charge is 0.473 e. The normalized spacial score (nSPS) is 11.0. The number of ether oxygens (including phenoxy) is 5. The summed E-state index contributed by atoms with van der Waals surface area (Å²) in [6.45, 7) is 14.2. The first kappa shape index (κ1) is 40.3. The predicted molar refractivity (Wildman–Crippen MR) is 200 cm³/mol. The zero-order chi connectivity index (χ0) is 39.7. The van der Waals surface area contributed by atoms with Crippen LogP contribution >= 0.6 is 0 Å². The number of carbonyl (C=O) groups excluding carboxylic acids is 4. The molecule has 0 unspecified atom stereocenters. The molecule has 0 saturated carbocycles. The third-order valence-corrected chi connectivity index (χ3v) is 6.70. The lowest BCUT2D eigenvalue weighted by Gasteiger charge is -2.17. The molecule has 17 nitrogen and oxygen atoms in total. The molecule has 0 aromatic carbocycles. The van der Waals surface area contributed by atoms with Gasteiger partial charge in [-0.15, -0.1) is 0 Å². The summed E-state index contributed by atoms with van der Waals surface area (Å²) < 4.78 is 27.8. The maximum Gasteiger partial charge on any atom is 0.356 e. The summed E-state index contributed by atoms with van der Waals surface area (Å²) in [4.78, 5) is 69.2. The number of pyridine rings is 4. The first-order chi connectivity index (χ1) is 25.5. The number of nitrogens with one attached hydrogen (secondary N) is 3. The molecular formula is C37H44N8O9. The third-order valence-electron chi connectivity index (χ3n) is 6.70. The van der Waals surface area contributed by atoms with Gasteiger partial charge in [0.25, 0.3) is 17.7 Å². The molecule has 0 fully saturated rings. The van der Waals surface area contributed by atoms with Gasteiger partial charge >= 0.3 is 5.97 Å². The number of methoxy groups -OCH3 is 1. The molecule has 54 heavy (non-hydrogen) atoms. The second-order valence-electron chi connectivity index (χ2n) is 12.8. The highest BCUT2D eigenvalue weighted by molar-refractivity contribution is 6.07. The Hall–Kier alpha value is -6.52. The Morgan fingerprint density at radius 1 is 0.481 bits per heavy atom. The number of esters is 1. The van der Waals surface area contributed by atoms with E-state index < -0.39 is 23.7 Å². The Labute approximate surface area is 312 Å². The molecule has 4 aromatic heterocycles. The number of aromatic nitrogens is 4. The zero-order valence-corrected chi connectivity index (χ0v) is 31.5. The van der Waals surface area contributed by atoms with E-state index in [9.17, 15) is 19.2 Å². The molecule has 0 spiro atoms. The van der Waals surface area contributed by atoms with Crippen molar-refractivity contribution < 1.29 is 42.9 Å². The lowest BCUT2D eigenvalue weighted by molar-refractivity contribution is 0.0592. The number of nitrogens with zero attached hydrogens (tertiary/aromatic N) is 4. The highest BCUT2D eigenvalue weighted by atomic mass is 16.5. The van der Waals surface area contributed by atoms with Crippen LogP contribution in [0.5, 0.6) is 23.5 Å². The Morgan fingerprint density at radius 3 is 1.13 bits per heavy atom. The minimum Gasteiger partial charge on any atom is -0.473 e. The summed E-state index contributed by atoms with van der Waals surface area (Å²) in [5.74, 6) is -2.47. The van der Waals surface area contributed by atoms with Crippen LogP contribution < -0.4 is 40.6 Å². The van der Waals surface area contributed by atoms with Gasteiger partial charge in [0, 0.05) is 0 Å². The summed E-state index contributed by atoms with van der Waals surface area (Å²) in [5, 5.41) is 8.13. The topological polar surface area (TPSA) is 228 Å². The summed E-state index contributed by atoms with van der Waals surface area (Å²) in [6, 6.07) is 11.5. The molecule has 3 amide bonds. The molecule has 0 aliphatic carbocycles. The molecule has 5 N–H and O–H groups in total. The van der Waals surface area contributed by atoms with Gasteiger partial charge in [-0.25, -0.2) is 24.7 Å². The van der Waals surface area contributed by atoms with Crippen LogP contribution in [0.3, 0.4) is 0 Å². The summed E-state index contributed by atoms with van der Waals surface area (Å²) in [5.41, 5.74) is 6.68. The average molecular weight is 745 g/mol. The van der Waals surface area contributed by atoms with E-state index in [1.54, 1.807) is 41.5 Å². The van der Waals surface area contributed by atoms with E-state index in [0.717, 1.165) is 0 Å². The summed E-state index contributed by atoms with van der Waals surface area (Å²) in [7, 11) is 1.23. The second-order valence-corrected chi connectivity index (χ2v) is 12.8. The van der Waals surface area contributed by atoms with Gasteiger partial charge < -0.3 is 45.4 Å². The molecule has 4 heterocycles. The van der Waals surface area contributed by atoms with Crippen LogP contribution in [0.2, 0.25) is 0 Å². The van der Waals surface area contributed by atoms with Crippen molar-refractivity contribution in [3.63, 3.8) is 0 Å². The van der Waals surface area contributed by atoms with Crippen LogP contribution in [0.4, 0.5) is 22.7 Å². The van der Waals surface area contributed by atoms with Crippen LogP contribution in [0.15, 0.2) is 48.5 Å². The van der Waals surface area contributed by atoms with Crippen molar-refractivity contribution in [3.05, 3.63) is 71.3 Å². The van der Waals surface area contributed by atoms with Crippen molar-refractivity contribution in [2.75, 3.05) is 28.8 Å². The summed E-state index contributed by atoms with van der Waals surface area (Å²) in [6.07, 6.45) is -1.29. The fourth-order valence-corrected chi connectivity index (χ4v) is 4.47. The molecule has 286 valence electrons. The van der Waals surface area contributed by atoms with Crippen molar-refractivity contribution >= 4 is 46.4 Å². The van der Waals surface area contributed by atoms with Crippen molar-refractivity contribution in [3.8, 4) is 23.5 Å². The van der Waals surface area contributed by atoms with E-state index in [4.69, 9.17) is 29.4 Å². The van der Waals surface area contributed by atoms with Crippen LogP contribution in [0, 0.1) is 0 Å². The molecule has 4 rings (SSSR count). The second kappa shape index (κ2) is 17.8. The smallest absolute Gasteiger partial charge is 0.356 e.